The van der Waals surface area contributed by atoms with Gasteiger partial charge in [0.15, 0.2) is 0 Å². The summed E-state index contributed by atoms with van der Waals surface area (Å²) in [5.74, 6) is 0. The Morgan fingerprint density at radius 3 is 2.47 bits per heavy atom. The van der Waals surface area contributed by atoms with Gasteiger partial charge in [-0.25, -0.2) is 0 Å². The second-order valence-electron chi connectivity index (χ2n) is 5.01. The molecular formula is C13H26O2. The van der Waals surface area contributed by atoms with Crippen LogP contribution in [0.25, 0.3) is 0 Å². The third-order valence-corrected chi connectivity index (χ3v) is 3.38. The van der Waals surface area contributed by atoms with Crippen LogP contribution in [0.4, 0.5) is 0 Å². The first-order valence-electron chi connectivity index (χ1n) is 6.50. The Balaban J connectivity index is 2.32. The SMILES string of the molecule is CCCCCC1(OCC(C)O)CCCC1. The van der Waals surface area contributed by atoms with Crippen LogP contribution in [-0.4, -0.2) is 23.4 Å². The fraction of sp³-hybridized carbons (Fsp3) is 1.00. The Labute approximate surface area is 94.0 Å². The number of aliphatic hydroxyl groups excluding tert-OH is 1. The fourth-order valence-corrected chi connectivity index (χ4v) is 2.48. The summed E-state index contributed by atoms with van der Waals surface area (Å²) >= 11 is 0. The first-order valence-corrected chi connectivity index (χ1v) is 6.50. The van der Waals surface area contributed by atoms with Gasteiger partial charge in [0.2, 0.25) is 0 Å². The minimum Gasteiger partial charge on any atom is -0.391 e. The zero-order valence-corrected chi connectivity index (χ0v) is 10.3. The van der Waals surface area contributed by atoms with Crippen LogP contribution in [0.3, 0.4) is 0 Å². The molecular weight excluding hydrogens is 188 g/mol. The second kappa shape index (κ2) is 6.49. The number of aliphatic hydroxyl groups is 1. The van der Waals surface area contributed by atoms with Gasteiger partial charge in [0.1, 0.15) is 0 Å². The summed E-state index contributed by atoms with van der Waals surface area (Å²) in [5.41, 5.74) is 0.117. The lowest BCUT2D eigenvalue weighted by molar-refractivity contribution is -0.0781. The van der Waals surface area contributed by atoms with E-state index in [1.54, 1.807) is 6.92 Å². The van der Waals surface area contributed by atoms with E-state index in [0.29, 0.717) is 6.61 Å². The minimum atomic E-state index is -0.325. The molecule has 90 valence electrons. The highest BCUT2D eigenvalue weighted by Gasteiger charge is 2.34. The molecule has 1 fully saturated rings. The zero-order valence-electron chi connectivity index (χ0n) is 10.3. The molecule has 2 heteroatoms. The van der Waals surface area contributed by atoms with Crippen molar-refractivity contribution in [2.75, 3.05) is 6.61 Å². The first kappa shape index (κ1) is 13.0. The molecule has 0 aromatic carbocycles. The van der Waals surface area contributed by atoms with Crippen LogP contribution in [0.15, 0.2) is 0 Å². The fourth-order valence-electron chi connectivity index (χ4n) is 2.48. The summed E-state index contributed by atoms with van der Waals surface area (Å²) in [5, 5.41) is 9.27. The molecule has 0 heterocycles. The molecule has 0 aromatic heterocycles. The average Bonchev–Trinajstić information content (AvgIpc) is 2.65. The van der Waals surface area contributed by atoms with Gasteiger partial charge in [-0.05, 0) is 26.2 Å². The highest BCUT2D eigenvalue weighted by atomic mass is 16.5. The number of unbranched alkanes of at least 4 members (excludes halogenated alkanes) is 2. The number of ether oxygens (including phenoxy) is 1. The van der Waals surface area contributed by atoms with Gasteiger partial charge in [-0.15, -0.1) is 0 Å². The molecule has 1 N–H and O–H groups in total. The summed E-state index contributed by atoms with van der Waals surface area (Å²) in [7, 11) is 0. The first-order chi connectivity index (χ1) is 7.18. The molecule has 1 unspecified atom stereocenters. The van der Waals surface area contributed by atoms with Crippen molar-refractivity contribution < 1.29 is 9.84 Å². The predicted molar refractivity (Wildman–Crippen MR) is 63.0 cm³/mol. The van der Waals surface area contributed by atoms with Crippen molar-refractivity contribution >= 4 is 0 Å². The van der Waals surface area contributed by atoms with Crippen molar-refractivity contribution in [1.29, 1.82) is 0 Å². The van der Waals surface area contributed by atoms with Crippen molar-refractivity contribution in [3.05, 3.63) is 0 Å². The van der Waals surface area contributed by atoms with Gasteiger partial charge in [0.25, 0.3) is 0 Å². The molecule has 1 atom stereocenters. The van der Waals surface area contributed by atoms with Gasteiger partial charge in [-0.3, -0.25) is 0 Å². The molecule has 1 aliphatic carbocycles. The van der Waals surface area contributed by atoms with Crippen LogP contribution >= 0.6 is 0 Å². The molecule has 0 aromatic rings. The lowest BCUT2D eigenvalue weighted by atomic mass is 9.94. The van der Waals surface area contributed by atoms with Crippen LogP contribution in [0.5, 0.6) is 0 Å². The van der Waals surface area contributed by atoms with E-state index in [1.165, 1.54) is 51.4 Å². The van der Waals surface area contributed by atoms with E-state index in [9.17, 15) is 5.11 Å². The van der Waals surface area contributed by atoms with Crippen molar-refractivity contribution in [2.24, 2.45) is 0 Å². The Kier molecular flexibility index (Phi) is 5.62. The number of rotatable bonds is 7. The average molecular weight is 214 g/mol. The van der Waals surface area contributed by atoms with Crippen molar-refractivity contribution in [1.82, 2.24) is 0 Å². The summed E-state index contributed by atoms with van der Waals surface area (Å²) in [6.07, 6.45) is 9.70. The van der Waals surface area contributed by atoms with E-state index in [-0.39, 0.29) is 11.7 Å². The van der Waals surface area contributed by atoms with Crippen LogP contribution in [-0.2, 0) is 4.74 Å². The van der Waals surface area contributed by atoms with E-state index < -0.39 is 0 Å². The van der Waals surface area contributed by atoms with E-state index >= 15 is 0 Å². The van der Waals surface area contributed by atoms with Gasteiger partial charge in [0.05, 0.1) is 18.3 Å². The van der Waals surface area contributed by atoms with Crippen molar-refractivity contribution in [2.45, 2.75) is 76.9 Å². The van der Waals surface area contributed by atoms with E-state index in [0.717, 1.165) is 0 Å². The molecule has 0 saturated heterocycles. The van der Waals surface area contributed by atoms with E-state index in [4.69, 9.17) is 4.74 Å². The highest BCUT2D eigenvalue weighted by molar-refractivity contribution is 4.86. The van der Waals surface area contributed by atoms with E-state index in [1.807, 2.05) is 0 Å². The minimum absolute atomic E-state index is 0.117. The lowest BCUT2D eigenvalue weighted by Crippen LogP contribution is -2.32. The van der Waals surface area contributed by atoms with Crippen LogP contribution in [0.1, 0.15) is 65.2 Å². The normalized spacial score (nSPS) is 21.8. The molecule has 0 amide bonds. The van der Waals surface area contributed by atoms with Gasteiger partial charge in [-0.2, -0.15) is 0 Å². The maximum Gasteiger partial charge on any atom is 0.0745 e. The van der Waals surface area contributed by atoms with Gasteiger partial charge in [0, 0.05) is 0 Å². The molecule has 2 nitrogen and oxygen atoms in total. The molecule has 15 heavy (non-hydrogen) atoms. The Morgan fingerprint density at radius 1 is 1.27 bits per heavy atom. The summed E-state index contributed by atoms with van der Waals surface area (Å²) in [6.45, 7) is 4.54. The van der Waals surface area contributed by atoms with E-state index in [2.05, 4.69) is 6.92 Å². The molecule has 1 rings (SSSR count). The monoisotopic (exact) mass is 214 g/mol. The second-order valence-corrected chi connectivity index (χ2v) is 5.01. The molecule has 0 aliphatic heterocycles. The smallest absolute Gasteiger partial charge is 0.0745 e. The Hall–Kier alpha value is -0.0800. The van der Waals surface area contributed by atoms with Crippen LogP contribution in [0, 0.1) is 0 Å². The van der Waals surface area contributed by atoms with Gasteiger partial charge in [-0.1, -0.05) is 39.0 Å². The van der Waals surface area contributed by atoms with Crippen LogP contribution in [0.2, 0.25) is 0 Å². The lowest BCUT2D eigenvalue weighted by Gasteiger charge is -2.30. The maximum absolute atomic E-state index is 9.27. The van der Waals surface area contributed by atoms with Gasteiger partial charge >= 0.3 is 0 Å². The summed E-state index contributed by atoms with van der Waals surface area (Å²) in [4.78, 5) is 0. The predicted octanol–water partition coefficient (Wildman–Crippen LogP) is 3.28. The van der Waals surface area contributed by atoms with Crippen LogP contribution < -0.4 is 0 Å². The van der Waals surface area contributed by atoms with Gasteiger partial charge < -0.3 is 9.84 Å². The molecule has 1 saturated carbocycles. The maximum atomic E-state index is 9.27. The Bertz CT molecular complexity index is 160. The topological polar surface area (TPSA) is 29.5 Å². The summed E-state index contributed by atoms with van der Waals surface area (Å²) < 4.78 is 5.95. The quantitative estimate of drug-likeness (QED) is 0.659. The molecule has 0 spiro atoms. The molecule has 1 aliphatic rings. The number of hydrogen-bond acceptors (Lipinski definition) is 2. The highest BCUT2D eigenvalue weighted by Crippen LogP contribution is 2.37. The molecule has 0 bridgehead atoms. The number of hydrogen-bond donors (Lipinski definition) is 1. The third kappa shape index (κ3) is 4.52. The van der Waals surface area contributed by atoms with Crippen molar-refractivity contribution in [3.63, 3.8) is 0 Å². The Morgan fingerprint density at radius 2 is 1.93 bits per heavy atom. The zero-order chi connectivity index (χ0) is 11.1. The van der Waals surface area contributed by atoms with Crippen molar-refractivity contribution in [3.8, 4) is 0 Å². The largest absolute Gasteiger partial charge is 0.391 e. The third-order valence-electron chi connectivity index (χ3n) is 3.38. The molecule has 0 radical (unpaired) electrons. The standard InChI is InChI=1S/C13H26O2/c1-3-4-5-8-13(9-6-7-10-13)15-11-12(2)14/h12,14H,3-11H2,1-2H3. The summed E-state index contributed by atoms with van der Waals surface area (Å²) in [6, 6.07) is 0.